The van der Waals surface area contributed by atoms with Crippen LogP contribution in [0.25, 0.3) is 0 Å². The Morgan fingerprint density at radius 3 is 2.11 bits per heavy atom. The maximum Gasteiger partial charge on any atom is 0.390 e. The zero-order valence-corrected chi connectivity index (χ0v) is 16.6. The van der Waals surface area contributed by atoms with Gasteiger partial charge in [-0.2, -0.15) is 13.2 Å². The predicted octanol–water partition coefficient (Wildman–Crippen LogP) is 4.47. The minimum atomic E-state index is -4.28. The van der Waals surface area contributed by atoms with Crippen LogP contribution in [0.2, 0.25) is 0 Å². The lowest BCUT2D eigenvalue weighted by atomic mass is 10.0. The van der Waals surface area contributed by atoms with Crippen LogP contribution in [0.4, 0.5) is 30.2 Å². The topological polar surface area (TPSA) is 56.4 Å². The van der Waals surface area contributed by atoms with E-state index in [0.717, 1.165) is 49.4 Å². The monoisotopic (exact) mass is 388 g/mol. The van der Waals surface area contributed by atoms with E-state index in [1.54, 1.807) is 20.2 Å². The van der Waals surface area contributed by atoms with Gasteiger partial charge in [0.2, 0.25) is 0 Å². The molecule has 0 bridgehead atoms. The van der Waals surface area contributed by atoms with E-state index in [1.807, 2.05) is 19.9 Å². The molecular formula is C19H31F3N4O. The van der Waals surface area contributed by atoms with Gasteiger partial charge in [-0.3, -0.25) is 4.79 Å². The normalized spacial score (nSPS) is 14.1. The van der Waals surface area contributed by atoms with E-state index < -0.39 is 25.0 Å². The lowest BCUT2D eigenvalue weighted by Crippen LogP contribution is -2.34. The Kier molecular flexibility index (Phi) is 9.25. The summed E-state index contributed by atoms with van der Waals surface area (Å²) in [5, 5.41) is 8.49. The molecule has 8 heteroatoms. The number of hydrogen-bond acceptors (Lipinski definition) is 4. The maximum atomic E-state index is 12.5. The number of rotatable bonds is 6. The highest BCUT2D eigenvalue weighted by molar-refractivity contribution is 6.02. The van der Waals surface area contributed by atoms with Crippen LogP contribution in [0.15, 0.2) is 12.1 Å². The highest BCUT2D eigenvalue weighted by atomic mass is 19.4. The van der Waals surface area contributed by atoms with Crippen molar-refractivity contribution < 1.29 is 18.0 Å². The van der Waals surface area contributed by atoms with Gasteiger partial charge in [0.15, 0.2) is 0 Å². The molecule has 0 radical (unpaired) electrons. The molecule has 0 unspecified atom stereocenters. The summed E-state index contributed by atoms with van der Waals surface area (Å²) >= 11 is 0. The first-order valence-electron chi connectivity index (χ1n) is 9.49. The molecule has 1 saturated heterocycles. The van der Waals surface area contributed by atoms with Crippen LogP contribution in [-0.4, -0.2) is 45.8 Å². The third-order valence-electron chi connectivity index (χ3n) is 4.31. The van der Waals surface area contributed by atoms with Crippen molar-refractivity contribution in [3.8, 4) is 0 Å². The first-order chi connectivity index (χ1) is 12.9. The van der Waals surface area contributed by atoms with Crippen LogP contribution in [0.1, 0.15) is 49.9 Å². The van der Waals surface area contributed by atoms with Gasteiger partial charge in [0.05, 0.1) is 29.0 Å². The fourth-order valence-electron chi connectivity index (χ4n) is 2.99. The minimum absolute atomic E-state index is 0.396. The lowest BCUT2D eigenvalue weighted by Gasteiger charge is -2.31. The molecule has 1 heterocycles. The standard InChI is InChI=1S/C17H25F3N4O.C2H6/c1-21-13-10-12(16(25)23-7-6-17(18,19)20)15(11-14(13)22-2)24-8-4-3-5-9-24;1-2/h10-11,21-22H,3-9H2,1-2H3,(H,23,25);1-2H3. The Balaban J connectivity index is 0.00000176. The summed E-state index contributed by atoms with van der Waals surface area (Å²) in [5.74, 6) is -0.482. The quantitative estimate of drug-likeness (QED) is 0.673. The van der Waals surface area contributed by atoms with E-state index in [2.05, 4.69) is 20.9 Å². The Morgan fingerprint density at radius 2 is 1.59 bits per heavy atom. The number of amides is 1. The molecule has 0 spiro atoms. The summed E-state index contributed by atoms with van der Waals surface area (Å²) in [6.07, 6.45) is -2.09. The summed E-state index contributed by atoms with van der Waals surface area (Å²) in [5.41, 5.74) is 2.72. The van der Waals surface area contributed by atoms with Gasteiger partial charge in [-0.15, -0.1) is 0 Å². The van der Waals surface area contributed by atoms with Crippen LogP contribution < -0.4 is 20.9 Å². The van der Waals surface area contributed by atoms with Gasteiger partial charge in [-0.05, 0) is 31.4 Å². The van der Waals surface area contributed by atoms with Crippen molar-refractivity contribution in [3.05, 3.63) is 17.7 Å². The zero-order chi connectivity index (χ0) is 20.4. The van der Waals surface area contributed by atoms with Gasteiger partial charge in [-0.1, -0.05) is 13.8 Å². The zero-order valence-electron chi connectivity index (χ0n) is 16.6. The molecule has 0 atom stereocenters. The molecule has 1 amide bonds. The SMILES string of the molecule is CC.CNc1cc(C(=O)NCCC(F)(F)F)c(N2CCCCC2)cc1NC. The van der Waals surface area contributed by atoms with Crippen molar-refractivity contribution in [3.63, 3.8) is 0 Å². The van der Waals surface area contributed by atoms with Gasteiger partial charge >= 0.3 is 6.18 Å². The summed E-state index contributed by atoms with van der Waals surface area (Å²) in [7, 11) is 3.53. The first kappa shape index (κ1) is 22.9. The Morgan fingerprint density at radius 1 is 1.04 bits per heavy atom. The van der Waals surface area contributed by atoms with Crippen LogP contribution in [-0.2, 0) is 0 Å². The largest absolute Gasteiger partial charge is 0.390 e. The molecule has 5 nitrogen and oxygen atoms in total. The molecule has 0 saturated carbocycles. The third kappa shape index (κ3) is 6.84. The molecule has 1 aliphatic heterocycles. The van der Waals surface area contributed by atoms with E-state index in [1.165, 1.54) is 0 Å². The smallest absolute Gasteiger partial charge is 0.386 e. The number of carbonyl (C=O) groups excluding carboxylic acids is 1. The number of anilines is 3. The molecule has 3 N–H and O–H groups in total. The number of piperidine rings is 1. The fraction of sp³-hybridized carbons (Fsp3) is 0.632. The first-order valence-corrected chi connectivity index (χ1v) is 9.49. The van der Waals surface area contributed by atoms with Crippen molar-refractivity contribution in [1.29, 1.82) is 0 Å². The van der Waals surface area contributed by atoms with E-state index in [4.69, 9.17) is 0 Å². The van der Waals surface area contributed by atoms with Gasteiger partial charge in [0.1, 0.15) is 0 Å². The van der Waals surface area contributed by atoms with Crippen LogP contribution >= 0.6 is 0 Å². The predicted molar refractivity (Wildman–Crippen MR) is 106 cm³/mol. The van der Waals surface area contributed by atoms with Crippen molar-refractivity contribution >= 4 is 23.0 Å². The molecule has 1 aromatic carbocycles. The van der Waals surface area contributed by atoms with Crippen LogP contribution in [0.3, 0.4) is 0 Å². The summed E-state index contributed by atoms with van der Waals surface area (Å²) < 4.78 is 37.0. The van der Waals surface area contributed by atoms with E-state index in [0.29, 0.717) is 5.56 Å². The number of carbonyl (C=O) groups is 1. The van der Waals surface area contributed by atoms with Crippen LogP contribution in [0, 0.1) is 0 Å². The van der Waals surface area contributed by atoms with Gasteiger partial charge in [0.25, 0.3) is 5.91 Å². The van der Waals surface area contributed by atoms with E-state index in [-0.39, 0.29) is 0 Å². The molecule has 2 rings (SSSR count). The third-order valence-corrected chi connectivity index (χ3v) is 4.31. The number of benzene rings is 1. The second-order valence-corrected chi connectivity index (χ2v) is 6.08. The van der Waals surface area contributed by atoms with Crippen LogP contribution in [0.5, 0.6) is 0 Å². The molecule has 0 aromatic heterocycles. The summed E-state index contributed by atoms with van der Waals surface area (Å²) in [4.78, 5) is 14.6. The van der Waals surface area contributed by atoms with E-state index >= 15 is 0 Å². The summed E-state index contributed by atoms with van der Waals surface area (Å²) in [6.45, 7) is 5.25. The number of halogens is 3. The molecule has 1 fully saturated rings. The Labute approximate surface area is 159 Å². The Hall–Kier alpha value is -2.12. The van der Waals surface area contributed by atoms with Gasteiger partial charge in [-0.25, -0.2) is 0 Å². The fourth-order valence-corrected chi connectivity index (χ4v) is 2.99. The van der Waals surface area contributed by atoms with Crippen molar-refractivity contribution in [2.45, 2.75) is 45.7 Å². The average Bonchev–Trinajstić information content (AvgIpc) is 2.68. The second-order valence-electron chi connectivity index (χ2n) is 6.08. The molecule has 0 aliphatic carbocycles. The highest BCUT2D eigenvalue weighted by Gasteiger charge is 2.27. The Bertz CT molecular complexity index is 599. The highest BCUT2D eigenvalue weighted by Crippen LogP contribution is 2.33. The molecule has 154 valence electrons. The molecule has 27 heavy (non-hydrogen) atoms. The summed E-state index contributed by atoms with van der Waals surface area (Å²) in [6, 6.07) is 3.58. The van der Waals surface area contributed by atoms with Crippen molar-refractivity contribution in [2.75, 3.05) is 49.3 Å². The molecular weight excluding hydrogens is 357 g/mol. The second kappa shape index (κ2) is 10.9. The van der Waals surface area contributed by atoms with E-state index in [9.17, 15) is 18.0 Å². The maximum absolute atomic E-state index is 12.5. The molecule has 1 aromatic rings. The number of alkyl halides is 3. The number of nitrogens with one attached hydrogen (secondary N) is 3. The van der Waals surface area contributed by atoms with Crippen molar-refractivity contribution in [2.24, 2.45) is 0 Å². The van der Waals surface area contributed by atoms with Crippen molar-refractivity contribution in [1.82, 2.24) is 5.32 Å². The van der Waals surface area contributed by atoms with Gasteiger partial charge in [0, 0.05) is 33.7 Å². The minimum Gasteiger partial charge on any atom is -0.386 e. The number of nitrogens with zero attached hydrogens (tertiary/aromatic N) is 1. The number of hydrogen-bond donors (Lipinski definition) is 3. The van der Waals surface area contributed by atoms with Gasteiger partial charge < -0.3 is 20.9 Å². The average molecular weight is 388 g/mol. The lowest BCUT2D eigenvalue weighted by molar-refractivity contribution is -0.132. The molecule has 1 aliphatic rings.